The Morgan fingerprint density at radius 3 is 2.60 bits per heavy atom. The normalized spacial score (nSPS) is 23.9. The predicted molar refractivity (Wildman–Crippen MR) is 78.2 cm³/mol. The number of nitrogens with zero attached hydrogens (tertiary/aromatic N) is 1. The number of carboxylic acids is 1. The van der Waals surface area contributed by atoms with Crippen LogP contribution in [0.2, 0.25) is 5.02 Å². The van der Waals surface area contributed by atoms with E-state index in [9.17, 15) is 13.2 Å². The first kappa shape index (κ1) is 15.8. The number of rotatable bonds is 3. The van der Waals surface area contributed by atoms with Crippen molar-refractivity contribution in [1.82, 2.24) is 4.31 Å². The summed E-state index contributed by atoms with van der Waals surface area (Å²) in [6.07, 6.45) is 0. The summed E-state index contributed by atoms with van der Waals surface area (Å²) in [5.74, 6) is -1.84. The largest absolute Gasteiger partial charge is 0.481 e. The highest BCUT2D eigenvalue weighted by atomic mass is 79.9. The molecule has 1 fully saturated rings. The third-order valence-electron chi connectivity index (χ3n) is 3.42. The number of carboxylic acid groups (broad SMARTS) is 1. The highest BCUT2D eigenvalue weighted by Crippen LogP contribution is 2.31. The molecule has 0 aliphatic carbocycles. The van der Waals surface area contributed by atoms with Gasteiger partial charge in [-0.1, -0.05) is 18.5 Å². The van der Waals surface area contributed by atoms with Crippen LogP contribution in [0, 0.1) is 11.8 Å². The van der Waals surface area contributed by atoms with Gasteiger partial charge < -0.3 is 5.11 Å². The monoisotopic (exact) mass is 381 g/mol. The lowest BCUT2D eigenvalue weighted by molar-refractivity contribution is -0.142. The highest BCUT2D eigenvalue weighted by Gasteiger charge is 2.40. The summed E-state index contributed by atoms with van der Waals surface area (Å²) in [5.41, 5.74) is 0. The van der Waals surface area contributed by atoms with Crippen molar-refractivity contribution in [1.29, 1.82) is 0 Å². The van der Waals surface area contributed by atoms with Crippen molar-refractivity contribution in [2.24, 2.45) is 11.8 Å². The lowest BCUT2D eigenvalue weighted by Gasteiger charge is -2.16. The van der Waals surface area contributed by atoms with Gasteiger partial charge in [0.2, 0.25) is 10.0 Å². The van der Waals surface area contributed by atoms with Gasteiger partial charge in [0.15, 0.2) is 0 Å². The van der Waals surface area contributed by atoms with Crippen LogP contribution in [-0.4, -0.2) is 36.9 Å². The number of carbonyl (C=O) groups is 1. The minimum Gasteiger partial charge on any atom is -0.481 e. The second-order valence-electron chi connectivity index (χ2n) is 4.82. The van der Waals surface area contributed by atoms with Crippen LogP contribution in [0.15, 0.2) is 27.6 Å². The molecule has 0 saturated carbocycles. The average molecular weight is 383 g/mol. The first-order valence-corrected chi connectivity index (χ1v) is 8.52. The fourth-order valence-corrected chi connectivity index (χ4v) is 4.47. The van der Waals surface area contributed by atoms with E-state index in [1.807, 2.05) is 0 Å². The molecule has 1 N–H and O–H groups in total. The Morgan fingerprint density at radius 2 is 2.10 bits per heavy atom. The number of halogens is 2. The van der Waals surface area contributed by atoms with Gasteiger partial charge in [0.25, 0.3) is 0 Å². The molecule has 2 rings (SSSR count). The van der Waals surface area contributed by atoms with E-state index in [1.165, 1.54) is 22.5 Å². The van der Waals surface area contributed by atoms with Crippen molar-refractivity contribution in [3.63, 3.8) is 0 Å². The minimum atomic E-state index is -3.70. The molecule has 1 saturated heterocycles. The third kappa shape index (κ3) is 2.86. The van der Waals surface area contributed by atoms with Crippen LogP contribution in [0.3, 0.4) is 0 Å². The number of benzene rings is 1. The molecule has 0 aromatic heterocycles. The molecule has 20 heavy (non-hydrogen) atoms. The first-order valence-electron chi connectivity index (χ1n) is 5.91. The van der Waals surface area contributed by atoms with Gasteiger partial charge in [0.1, 0.15) is 0 Å². The molecule has 0 radical (unpaired) electrons. The van der Waals surface area contributed by atoms with Crippen molar-refractivity contribution in [3.8, 4) is 0 Å². The van der Waals surface area contributed by atoms with Crippen LogP contribution in [0.1, 0.15) is 6.92 Å². The molecule has 5 nitrogen and oxygen atoms in total. The quantitative estimate of drug-likeness (QED) is 0.871. The van der Waals surface area contributed by atoms with Gasteiger partial charge in [-0.05, 0) is 40.0 Å². The minimum absolute atomic E-state index is 0.000914. The molecule has 1 aliphatic rings. The molecule has 8 heteroatoms. The Bertz CT molecular complexity index is 649. The molecule has 110 valence electrons. The summed E-state index contributed by atoms with van der Waals surface area (Å²) in [6, 6.07) is 4.34. The van der Waals surface area contributed by atoms with Crippen molar-refractivity contribution < 1.29 is 18.3 Å². The van der Waals surface area contributed by atoms with Crippen molar-refractivity contribution >= 4 is 43.5 Å². The summed E-state index contributed by atoms with van der Waals surface area (Å²) in [5, 5.41) is 9.49. The van der Waals surface area contributed by atoms with Crippen LogP contribution in [0.4, 0.5) is 0 Å². The van der Waals surface area contributed by atoms with Gasteiger partial charge in [0.05, 0.1) is 15.8 Å². The van der Waals surface area contributed by atoms with Gasteiger partial charge in [-0.25, -0.2) is 8.42 Å². The molecular weight excluding hydrogens is 370 g/mol. The lowest BCUT2D eigenvalue weighted by Crippen LogP contribution is -2.30. The number of hydrogen-bond acceptors (Lipinski definition) is 3. The van der Waals surface area contributed by atoms with E-state index in [0.717, 1.165) is 0 Å². The van der Waals surface area contributed by atoms with Crippen LogP contribution in [0.5, 0.6) is 0 Å². The molecule has 1 heterocycles. The van der Waals surface area contributed by atoms with Crippen LogP contribution >= 0.6 is 27.5 Å². The van der Waals surface area contributed by atoms with Crippen molar-refractivity contribution in [2.75, 3.05) is 13.1 Å². The number of hydrogen-bond donors (Lipinski definition) is 1. The van der Waals surface area contributed by atoms with Crippen LogP contribution in [-0.2, 0) is 14.8 Å². The number of sulfonamides is 1. The number of aliphatic carboxylic acids is 1. The standard InChI is InChI=1S/C12H13BrClNO4S/c1-7-5-15(6-9(7)12(16)17)20(18,19)8-2-3-11(14)10(13)4-8/h2-4,7,9H,5-6H2,1H3,(H,16,17)/t7-,9-/m1/s1. The molecular formula is C12H13BrClNO4S. The average Bonchev–Trinajstić information content (AvgIpc) is 2.75. The van der Waals surface area contributed by atoms with Gasteiger partial charge >= 0.3 is 5.97 Å². The van der Waals surface area contributed by atoms with Gasteiger partial charge in [-0.15, -0.1) is 0 Å². The molecule has 1 aromatic rings. The first-order chi connectivity index (χ1) is 9.23. The highest BCUT2D eigenvalue weighted by molar-refractivity contribution is 9.10. The summed E-state index contributed by atoms with van der Waals surface area (Å²) in [7, 11) is -3.70. The zero-order valence-electron chi connectivity index (χ0n) is 10.6. The van der Waals surface area contributed by atoms with E-state index >= 15 is 0 Å². The molecule has 2 atom stereocenters. The molecule has 1 aromatic carbocycles. The zero-order valence-corrected chi connectivity index (χ0v) is 13.7. The lowest BCUT2D eigenvalue weighted by atomic mass is 9.99. The summed E-state index contributed by atoms with van der Waals surface area (Å²) >= 11 is 9.03. The smallest absolute Gasteiger partial charge is 0.308 e. The van der Waals surface area contributed by atoms with E-state index in [1.54, 1.807) is 6.92 Å². The fourth-order valence-electron chi connectivity index (χ4n) is 2.23. The van der Waals surface area contributed by atoms with E-state index in [2.05, 4.69) is 15.9 Å². The second-order valence-corrected chi connectivity index (χ2v) is 8.02. The zero-order chi connectivity index (χ0) is 15.1. The van der Waals surface area contributed by atoms with E-state index in [-0.39, 0.29) is 23.9 Å². The fraction of sp³-hybridized carbons (Fsp3) is 0.417. The maximum absolute atomic E-state index is 12.5. The maximum Gasteiger partial charge on any atom is 0.308 e. The van der Waals surface area contributed by atoms with E-state index < -0.39 is 21.9 Å². The molecule has 0 amide bonds. The van der Waals surface area contributed by atoms with Crippen LogP contribution in [0.25, 0.3) is 0 Å². The third-order valence-corrected chi connectivity index (χ3v) is 6.47. The van der Waals surface area contributed by atoms with E-state index in [0.29, 0.717) is 9.50 Å². The molecule has 0 spiro atoms. The molecule has 1 aliphatic heterocycles. The Hall–Kier alpha value is -0.630. The Morgan fingerprint density at radius 1 is 1.45 bits per heavy atom. The summed E-state index contributed by atoms with van der Waals surface area (Å²) in [4.78, 5) is 11.2. The van der Waals surface area contributed by atoms with Crippen LogP contribution < -0.4 is 0 Å². The topological polar surface area (TPSA) is 74.7 Å². The van der Waals surface area contributed by atoms with Crippen molar-refractivity contribution in [2.45, 2.75) is 11.8 Å². The Labute approximate surface area is 130 Å². The maximum atomic E-state index is 12.5. The van der Waals surface area contributed by atoms with Gasteiger partial charge in [-0.3, -0.25) is 4.79 Å². The predicted octanol–water partition coefficient (Wildman–Crippen LogP) is 2.44. The van der Waals surface area contributed by atoms with E-state index in [4.69, 9.17) is 16.7 Å². The second kappa shape index (κ2) is 5.63. The van der Waals surface area contributed by atoms with Crippen molar-refractivity contribution in [3.05, 3.63) is 27.7 Å². The molecule has 0 bridgehead atoms. The summed E-state index contributed by atoms with van der Waals surface area (Å²) < 4.78 is 26.7. The molecule has 0 unspecified atom stereocenters. The summed E-state index contributed by atoms with van der Waals surface area (Å²) in [6.45, 7) is 1.95. The Balaban J connectivity index is 2.32. The Kier molecular flexibility index (Phi) is 4.44. The van der Waals surface area contributed by atoms with Gasteiger partial charge in [-0.2, -0.15) is 4.31 Å². The SMILES string of the molecule is C[C@@H]1CN(S(=O)(=O)c2ccc(Cl)c(Br)c2)C[C@H]1C(=O)O. The van der Waals surface area contributed by atoms with Gasteiger partial charge in [0, 0.05) is 17.6 Å².